The third-order valence-corrected chi connectivity index (χ3v) is 7.49. The quantitative estimate of drug-likeness (QED) is 0.0967. The fourth-order valence-corrected chi connectivity index (χ4v) is 5.18. The summed E-state index contributed by atoms with van der Waals surface area (Å²) in [6, 6.07) is 2.94. The first-order valence-electron chi connectivity index (χ1n) is 11.9. The maximum atomic E-state index is 12.5. The number of nitrogens with two attached hydrogens (primary N) is 2. The van der Waals surface area contributed by atoms with E-state index in [-0.39, 0.29) is 22.5 Å². The molecular formula is C21H27N7O11P+. The van der Waals surface area contributed by atoms with Gasteiger partial charge < -0.3 is 46.3 Å². The normalized spacial score (nSPS) is 31.9. The molecule has 9 N–H and O–H groups in total. The van der Waals surface area contributed by atoms with Gasteiger partial charge in [0.05, 0.1) is 19.5 Å². The highest BCUT2D eigenvalue weighted by Gasteiger charge is 2.49. The van der Waals surface area contributed by atoms with Crippen LogP contribution in [0.4, 0.5) is 5.82 Å². The number of phosphoric acid groups is 1. The first kappa shape index (κ1) is 28.4. The summed E-state index contributed by atoms with van der Waals surface area (Å²) >= 11 is 0. The number of amides is 1. The third kappa shape index (κ3) is 5.41. The number of anilines is 1. The maximum absolute atomic E-state index is 12.5. The van der Waals surface area contributed by atoms with E-state index < -0.39 is 76.0 Å². The van der Waals surface area contributed by atoms with Gasteiger partial charge in [-0.25, -0.2) is 19.5 Å². The van der Waals surface area contributed by atoms with Crippen LogP contribution in [0.25, 0.3) is 11.2 Å². The Kier molecular flexibility index (Phi) is 7.81. The second kappa shape index (κ2) is 11.0. The third-order valence-electron chi connectivity index (χ3n) is 6.54. The van der Waals surface area contributed by atoms with Gasteiger partial charge in [0.25, 0.3) is 12.1 Å². The molecule has 0 radical (unpaired) electrons. The monoisotopic (exact) mass is 584 g/mol. The van der Waals surface area contributed by atoms with Crippen molar-refractivity contribution in [3.05, 3.63) is 42.7 Å². The molecule has 5 rings (SSSR count). The minimum atomic E-state index is -4.80. The predicted octanol–water partition coefficient (Wildman–Crippen LogP) is -3.13. The lowest BCUT2D eigenvalue weighted by Gasteiger charge is -2.19. The van der Waals surface area contributed by atoms with Crippen LogP contribution in [0.2, 0.25) is 0 Å². The fourth-order valence-electron chi connectivity index (χ4n) is 4.44. The van der Waals surface area contributed by atoms with E-state index in [1.807, 2.05) is 0 Å². The van der Waals surface area contributed by atoms with Crippen molar-refractivity contribution >= 4 is 30.7 Å². The van der Waals surface area contributed by atoms with Gasteiger partial charge in [0.15, 0.2) is 36.2 Å². The number of nitrogen functional groups attached to an aromatic ring is 1. The number of imidazole rings is 1. The number of hydrogen-bond acceptors (Lipinski definition) is 14. The number of fused-ring (bicyclic) bond motifs is 1. The van der Waals surface area contributed by atoms with Crippen LogP contribution in [0.1, 0.15) is 22.8 Å². The van der Waals surface area contributed by atoms with Gasteiger partial charge in [-0.3, -0.25) is 18.4 Å². The zero-order valence-corrected chi connectivity index (χ0v) is 21.4. The topological polar surface area (TPSA) is 272 Å². The molecule has 3 aromatic heterocycles. The molecular weight excluding hydrogens is 557 g/mol. The average Bonchev–Trinajstić information content (AvgIpc) is 3.57. The number of aliphatic hydroxyl groups is 4. The van der Waals surface area contributed by atoms with E-state index in [0.29, 0.717) is 0 Å². The number of phosphoric ester groups is 1. The average molecular weight is 584 g/mol. The lowest BCUT2D eigenvalue weighted by Crippen LogP contribution is -2.46. The Morgan fingerprint density at radius 3 is 2.42 bits per heavy atom. The SMILES string of the molecule is NC(=O)c1ccc[n+]([C@@H]2O[C@H](COP(=O)(O)OC[C@H]3O[C@@H](n4cnc5c(N)ncnc54)[C@H](O)[C@@H]3O)[C@@H](O)[C@H]2O)c1. The molecule has 9 atom stereocenters. The number of aromatic nitrogens is 5. The van der Waals surface area contributed by atoms with E-state index in [9.17, 15) is 34.7 Å². The number of hydrogen-bond donors (Lipinski definition) is 7. The van der Waals surface area contributed by atoms with Gasteiger partial charge in [-0.2, -0.15) is 4.57 Å². The van der Waals surface area contributed by atoms with Crippen LogP contribution in [0.5, 0.6) is 0 Å². The van der Waals surface area contributed by atoms with Crippen LogP contribution in [-0.2, 0) is 23.1 Å². The van der Waals surface area contributed by atoms with Crippen LogP contribution in [-0.4, -0.2) is 101 Å². The van der Waals surface area contributed by atoms with Crippen molar-refractivity contribution in [3.63, 3.8) is 0 Å². The molecule has 5 heterocycles. The zero-order chi connectivity index (χ0) is 28.8. The summed E-state index contributed by atoms with van der Waals surface area (Å²) in [5.41, 5.74) is 11.6. The van der Waals surface area contributed by atoms with E-state index in [1.54, 1.807) is 0 Å². The molecule has 2 aliphatic heterocycles. The Hall–Kier alpha value is -3.16. The van der Waals surface area contributed by atoms with Crippen molar-refractivity contribution in [1.82, 2.24) is 19.5 Å². The van der Waals surface area contributed by atoms with Crippen LogP contribution in [0.15, 0.2) is 37.2 Å². The number of pyridine rings is 1. The maximum Gasteiger partial charge on any atom is 0.472 e. The summed E-state index contributed by atoms with van der Waals surface area (Å²) in [5.74, 6) is -0.615. The van der Waals surface area contributed by atoms with E-state index in [1.165, 1.54) is 46.3 Å². The molecule has 18 nitrogen and oxygen atoms in total. The highest BCUT2D eigenvalue weighted by molar-refractivity contribution is 7.47. The first-order valence-corrected chi connectivity index (χ1v) is 13.3. The Labute approximate surface area is 224 Å². The van der Waals surface area contributed by atoms with Crippen LogP contribution >= 0.6 is 7.82 Å². The van der Waals surface area contributed by atoms with E-state index >= 15 is 0 Å². The molecule has 0 aliphatic carbocycles. The van der Waals surface area contributed by atoms with E-state index in [4.69, 9.17) is 30.0 Å². The molecule has 0 saturated carbocycles. The second-order valence-electron chi connectivity index (χ2n) is 9.14. The van der Waals surface area contributed by atoms with Crippen LogP contribution in [0, 0.1) is 0 Å². The molecule has 2 saturated heterocycles. The first-order chi connectivity index (χ1) is 19.0. The molecule has 3 aromatic rings. The van der Waals surface area contributed by atoms with Gasteiger partial charge in [-0.05, 0) is 6.07 Å². The summed E-state index contributed by atoms with van der Waals surface area (Å²) in [7, 11) is -4.80. The van der Waals surface area contributed by atoms with Gasteiger partial charge in [-0.15, -0.1) is 0 Å². The largest absolute Gasteiger partial charge is 0.472 e. The van der Waals surface area contributed by atoms with Crippen molar-refractivity contribution < 1.29 is 57.8 Å². The van der Waals surface area contributed by atoms with Crippen molar-refractivity contribution in [2.45, 2.75) is 49.1 Å². The van der Waals surface area contributed by atoms with E-state index in [0.717, 1.165) is 0 Å². The number of aliphatic hydroxyl groups excluding tert-OH is 4. The Bertz CT molecular complexity index is 1440. The predicted molar refractivity (Wildman–Crippen MR) is 128 cm³/mol. The molecule has 0 aromatic carbocycles. The van der Waals surface area contributed by atoms with Crippen LogP contribution in [0.3, 0.4) is 0 Å². The number of carbonyl (C=O) groups excluding carboxylic acids is 1. The van der Waals surface area contributed by atoms with E-state index in [2.05, 4.69) is 15.0 Å². The Morgan fingerprint density at radius 1 is 1.05 bits per heavy atom. The lowest BCUT2D eigenvalue weighted by atomic mass is 10.1. The highest BCUT2D eigenvalue weighted by Crippen LogP contribution is 2.45. The van der Waals surface area contributed by atoms with Gasteiger partial charge in [0.2, 0.25) is 0 Å². The molecule has 2 fully saturated rings. The van der Waals surface area contributed by atoms with Crippen LogP contribution < -0.4 is 16.0 Å². The Balaban J connectivity index is 1.18. The fraction of sp³-hybridized carbons (Fsp3) is 0.476. The van der Waals surface area contributed by atoms with Crippen molar-refractivity contribution in [3.8, 4) is 0 Å². The lowest BCUT2D eigenvalue weighted by molar-refractivity contribution is -0.765. The number of rotatable bonds is 9. The molecule has 19 heteroatoms. The summed E-state index contributed by atoms with van der Waals surface area (Å²) in [4.78, 5) is 33.5. The van der Waals surface area contributed by atoms with Crippen molar-refractivity contribution in [2.75, 3.05) is 18.9 Å². The van der Waals surface area contributed by atoms with Gasteiger partial charge in [0, 0.05) is 6.07 Å². The molecule has 0 spiro atoms. The summed E-state index contributed by atoms with van der Waals surface area (Å²) < 4.78 is 36.3. The highest BCUT2D eigenvalue weighted by atomic mass is 31.2. The number of primary amides is 1. The second-order valence-corrected chi connectivity index (χ2v) is 10.6. The van der Waals surface area contributed by atoms with Gasteiger partial charge in [0.1, 0.15) is 47.9 Å². The number of carbonyl (C=O) groups is 1. The number of nitrogens with zero attached hydrogens (tertiary/aromatic N) is 5. The minimum absolute atomic E-state index is 0.100. The van der Waals surface area contributed by atoms with Crippen molar-refractivity contribution in [2.24, 2.45) is 5.73 Å². The number of ether oxygens (including phenoxy) is 2. The van der Waals surface area contributed by atoms with Crippen molar-refractivity contribution in [1.29, 1.82) is 0 Å². The Morgan fingerprint density at radius 2 is 1.73 bits per heavy atom. The molecule has 216 valence electrons. The molecule has 2 aliphatic rings. The summed E-state index contributed by atoms with van der Waals surface area (Å²) in [6.45, 7) is -1.33. The van der Waals surface area contributed by atoms with Gasteiger partial charge in [-0.1, -0.05) is 0 Å². The molecule has 1 unspecified atom stereocenters. The molecule has 40 heavy (non-hydrogen) atoms. The summed E-state index contributed by atoms with van der Waals surface area (Å²) in [5, 5.41) is 41.7. The smallest absolute Gasteiger partial charge is 0.387 e. The zero-order valence-electron chi connectivity index (χ0n) is 20.5. The summed E-state index contributed by atoms with van der Waals surface area (Å²) in [6.07, 6.45) is -5.56. The molecule has 1 amide bonds. The molecule has 0 bridgehead atoms. The standard InChI is InChI=1S/C21H26N7O11P/c22-17-12-19(25-7-24-17)28(8-26-12)21-16(32)14(30)11(39-21)6-37-40(34,35)36-5-10-13(29)15(31)20(38-10)27-3-1-2-9(4-27)18(23)33/h1-4,7-8,10-11,13-16,20-21,29-32H,5-6H2,(H4-,22,23,24,25,33,34,35)/p+1/t10-,11-,13-,14-,15-,16-,20-,21-/m1/s1. The minimum Gasteiger partial charge on any atom is -0.387 e. The van der Waals surface area contributed by atoms with Gasteiger partial charge >= 0.3 is 7.82 Å².